The minimum Gasteiger partial charge on any atom is -0.326 e. The number of halogens is 3. The van der Waals surface area contributed by atoms with Crippen LogP contribution in [0.4, 0.5) is 8.78 Å². The molecule has 0 aliphatic carbocycles. The van der Waals surface area contributed by atoms with Crippen LogP contribution in [-0.2, 0) is 13.0 Å². The van der Waals surface area contributed by atoms with Gasteiger partial charge in [0, 0.05) is 13.0 Å². The Hall–Kier alpha value is -1.59. The molecule has 0 heterocycles. The molecule has 0 fully saturated rings. The van der Waals surface area contributed by atoms with Crippen molar-refractivity contribution in [2.24, 2.45) is 5.73 Å². The molecule has 2 aromatic rings. The van der Waals surface area contributed by atoms with Gasteiger partial charge in [-0.2, -0.15) is 0 Å². The number of carbonyl (C=O) groups is 1. The van der Waals surface area contributed by atoms with Gasteiger partial charge in [0.25, 0.3) is 0 Å². The summed E-state index contributed by atoms with van der Waals surface area (Å²) < 4.78 is 27.6. The van der Waals surface area contributed by atoms with E-state index in [1.54, 1.807) is 24.3 Å². The summed E-state index contributed by atoms with van der Waals surface area (Å²) in [6.07, 6.45) is -0.0856. The van der Waals surface area contributed by atoms with Crippen molar-refractivity contribution in [2.75, 3.05) is 0 Å². The molecule has 0 radical (unpaired) electrons. The second kappa shape index (κ2) is 6.24. The van der Waals surface area contributed by atoms with Crippen molar-refractivity contribution in [1.29, 1.82) is 0 Å². The minimum atomic E-state index is -0.875. The van der Waals surface area contributed by atoms with Gasteiger partial charge in [0.15, 0.2) is 11.6 Å². The van der Waals surface area contributed by atoms with E-state index in [2.05, 4.69) is 15.9 Å². The van der Waals surface area contributed by atoms with Crippen LogP contribution in [0.3, 0.4) is 0 Å². The van der Waals surface area contributed by atoms with E-state index in [0.29, 0.717) is 5.56 Å². The fourth-order valence-corrected chi connectivity index (χ4v) is 2.30. The molecule has 0 aliphatic heterocycles. The summed E-state index contributed by atoms with van der Waals surface area (Å²) in [7, 11) is 0. The van der Waals surface area contributed by atoms with E-state index >= 15 is 0 Å². The zero-order chi connectivity index (χ0) is 14.7. The lowest BCUT2D eigenvalue weighted by Crippen LogP contribution is -2.12. The third kappa shape index (κ3) is 2.94. The summed E-state index contributed by atoms with van der Waals surface area (Å²) in [5, 5.41) is 0. The summed E-state index contributed by atoms with van der Waals surface area (Å²) >= 11 is 2.95. The van der Waals surface area contributed by atoms with Crippen LogP contribution in [0, 0.1) is 11.6 Å². The number of Topliss-reactive ketones (excluding diaryl/α,β-unsaturated/α-hetero) is 1. The molecular formula is C15H12BrF2NO. The first-order valence-corrected chi connectivity index (χ1v) is 6.77. The van der Waals surface area contributed by atoms with Gasteiger partial charge in [-0.3, -0.25) is 4.79 Å². The Morgan fingerprint density at radius 3 is 2.40 bits per heavy atom. The van der Waals surface area contributed by atoms with Gasteiger partial charge in [0.1, 0.15) is 5.82 Å². The van der Waals surface area contributed by atoms with Gasteiger partial charge in [0.2, 0.25) is 0 Å². The van der Waals surface area contributed by atoms with Gasteiger partial charge in [-0.25, -0.2) is 8.78 Å². The number of ketones is 1. The Bertz CT molecular complexity index is 658. The lowest BCUT2D eigenvalue weighted by molar-refractivity contribution is 0.0984. The highest BCUT2D eigenvalue weighted by Gasteiger charge is 2.20. The zero-order valence-corrected chi connectivity index (χ0v) is 12.1. The van der Waals surface area contributed by atoms with Crippen LogP contribution >= 0.6 is 15.9 Å². The predicted octanol–water partition coefficient (Wildman–Crippen LogP) is 3.61. The first kappa shape index (κ1) is 14.8. The molecule has 0 aromatic heterocycles. The van der Waals surface area contributed by atoms with Gasteiger partial charge in [0.05, 0.1) is 10.0 Å². The molecule has 20 heavy (non-hydrogen) atoms. The molecule has 104 valence electrons. The van der Waals surface area contributed by atoms with Crippen molar-refractivity contribution >= 4 is 21.7 Å². The average molecular weight is 340 g/mol. The maximum atomic E-state index is 13.9. The molecule has 0 saturated carbocycles. The van der Waals surface area contributed by atoms with Crippen LogP contribution in [0.2, 0.25) is 0 Å². The van der Waals surface area contributed by atoms with Crippen molar-refractivity contribution in [3.8, 4) is 0 Å². The van der Waals surface area contributed by atoms with Crippen molar-refractivity contribution < 1.29 is 13.6 Å². The summed E-state index contributed by atoms with van der Waals surface area (Å²) in [5.74, 6) is -2.34. The summed E-state index contributed by atoms with van der Waals surface area (Å²) in [6, 6.07) is 9.38. The van der Waals surface area contributed by atoms with Gasteiger partial charge < -0.3 is 5.73 Å². The Morgan fingerprint density at radius 2 is 1.75 bits per heavy atom. The van der Waals surface area contributed by atoms with E-state index in [-0.39, 0.29) is 17.4 Å². The largest absolute Gasteiger partial charge is 0.326 e. The Kier molecular flexibility index (Phi) is 4.62. The molecule has 0 spiro atoms. The molecule has 0 unspecified atom stereocenters. The summed E-state index contributed by atoms with van der Waals surface area (Å²) in [5.41, 5.74) is 6.53. The van der Waals surface area contributed by atoms with Crippen molar-refractivity contribution in [1.82, 2.24) is 0 Å². The Morgan fingerprint density at radius 1 is 1.10 bits per heavy atom. The smallest absolute Gasteiger partial charge is 0.173 e. The fourth-order valence-electron chi connectivity index (χ4n) is 1.97. The molecule has 2 N–H and O–H groups in total. The van der Waals surface area contributed by atoms with Gasteiger partial charge in [-0.15, -0.1) is 0 Å². The van der Waals surface area contributed by atoms with E-state index in [9.17, 15) is 13.6 Å². The highest BCUT2D eigenvalue weighted by Crippen LogP contribution is 2.23. The molecule has 0 amide bonds. The lowest BCUT2D eigenvalue weighted by Gasteiger charge is -2.09. The van der Waals surface area contributed by atoms with Gasteiger partial charge in [-0.05, 0) is 39.2 Å². The SMILES string of the molecule is NCc1ccccc1CC(=O)c1c(F)ccc(Br)c1F. The Labute approximate surface area is 123 Å². The van der Waals surface area contributed by atoms with E-state index in [0.717, 1.165) is 11.6 Å². The molecule has 0 aliphatic rings. The molecule has 5 heteroatoms. The standard InChI is InChI=1S/C15H12BrF2NO/c16-11-5-6-12(17)14(15(11)18)13(20)7-9-3-1-2-4-10(9)8-19/h1-6H,7-8,19H2. The first-order chi connectivity index (χ1) is 9.54. The first-order valence-electron chi connectivity index (χ1n) is 5.98. The summed E-state index contributed by atoms with van der Waals surface area (Å²) in [4.78, 5) is 12.1. The van der Waals surface area contributed by atoms with Crippen LogP contribution in [-0.4, -0.2) is 5.78 Å². The molecule has 2 aromatic carbocycles. The van der Waals surface area contributed by atoms with E-state index < -0.39 is 23.0 Å². The molecule has 2 nitrogen and oxygen atoms in total. The molecule has 0 saturated heterocycles. The highest BCUT2D eigenvalue weighted by molar-refractivity contribution is 9.10. The minimum absolute atomic E-state index is 0.0642. The normalized spacial score (nSPS) is 10.6. The number of carbonyl (C=O) groups excluding carboxylic acids is 1. The highest BCUT2D eigenvalue weighted by atomic mass is 79.9. The molecule has 0 bridgehead atoms. The van der Waals surface area contributed by atoms with Gasteiger partial charge in [-0.1, -0.05) is 24.3 Å². The lowest BCUT2D eigenvalue weighted by atomic mass is 9.98. The number of hydrogen-bond donors (Lipinski definition) is 1. The summed E-state index contributed by atoms with van der Waals surface area (Å²) in [6.45, 7) is 0.271. The number of rotatable bonds is 4. The van der Waals surface area contributed by atoms with Crippen LogP contribution < -0.4 is 5.73 Å². The Balaban J connectivity index is 2.36. The number of nitrogens with two attached hydrogens (primary N) is 1. The second-order valence-electron chi connectivity index (χ2n) is 4.29. The zero-order valence-electron chi connectivity index (χ0n) is 10.5. The van der Waals surface area contributed by atoms with Crippen molar-refractivity contribution in [2.45, 2.75) is 13.0 Å². The second-order valence-corrected chi connectivity index (χ2v) is 5.15. The topological polar surface area (TPSA) is 43.1 Å². The predicted molar refractivity (Wildman–Crippen MR) is 76.4 cm³/mol. The monoisotopic (exact) mass is 339 g/mol. The van der Waals surface area contributed by atoms with Crippen molar-refractivity contribution in [3.05, 3.63) is 69.2 Å². The number of hydrogen-bond acceptors (Lipinski definition) is 2. The van der Waals surface area contributed by atoms with E-state index in [4.69, 9.17) is 5.73 Å². The van der Waals surface area contributed by atoms with Crippen molar-refractivity contribution in [3.63, 3.8) is 0 Å². The number of benzene rings is 2. The van der Waals surface area contributed by atoms with E-state index in [1.165, 1.54) is 6.07 Å². The van der Waals surface area contributed by atoms with Crippen LogP contribution in [0.25, 0.3) is 0 Å². The third-order valence-electron chi connectivity index (χ3n) is 3.01. The molecule has 0 atom stereocenters. The van der Waals surface area contributed by atoms with Crippen LogP contribution in [0.1, 0.15) is 21.5 Å². The molecular weight excluding hydrogens is 328 g/mol. The van der Waals surface area contributed by atoms with Gasteiger partial charge >= 0.3 is 0 Å². The average Bonchev–Trinajstić information content (AvgIpc) is 2.44. The van der Waals surface area contributed by atoms with Crippen LogP contribution in [0.15, 0.2) is 40.9 Å². The maximum absolute atomic E-state index is 13.9. The molecule has 2 rings (SSSR count). The van der Waals surface area contributed by atoms with E-state index in [1.807, 2.05) is 0 Å². The maximum Gasteiger partial charge on any atom is 0.173 e. The third-order valence-corrected chi connectivity index (χ3v) is 3.62. The quantitative estimate of drug-likeness (QED) is 0.683. The van der Waals surface area contributed by atoms with Crippen LogP contribution in [0.5, 0.6) is 0 Å². The fraction of sp³-hybridized carbons (Fsp3) is 0.133.